The van der Waals surface area contributed by atoms with E-state index in [2.05, 4.69) is 24.5 Å². The Hall–Kier alpha value is -2.97. The van der Waals surface area contributed by atoms with Crippen molar-refractivity contribution in [2.45, 2.75) is 11.8 Å². The summed E-state index contributed by atoms with van der Waals surface area (Å²) in [5.74, 6) is -0.423. The van der Waals surface area contributed by atoms with Crippen LogP contribution in [0.3, 0.4) is 0 Å². The molecule has 3 rings (SSSR count). The maximum Gasteiger partial charge on any atom is 0.355 e. The first-order chi connectivity index (χ1) is 13.1. The van der Waals surface area contributed by atoms with Crippen LogP contribution in [-0.2, 0) is 11.8 Å². The highest BCUT2D eigenvalue weighted by Crippen LogP contribution is 2.34. The molecule has 4 nitrogen and oxygen atoms in total. The van der Waals surface area contributed by atoms with Gasteiger partial charge in [0.15, 0.2) is 0 Å². The van der Waals surface area contributed by atoms with Crippen LogP contribution in [0.4, 0.5) is 0 Å². The van der Waals surface area contributed by atoms with Gasteiger partial charge in [0, 0.05) is 23.7 Å². The van der Waals surface area contributed by atoms with Crippen molar-refractivity contribution in [2.75, 3.05) is 12.9 Å². The topological polar surface area (TPSA) is 55.0 Å². The van der Waals surface area contributed by atoms with Gasteiger partial charge in [-0.05, 0) is 35.9 Å². The molecule has 1 heterocycles. The summed E-state index contributed by atoms with van der Waals surface area (Å²) in [5, 5.41) is 9.51. The van der Waals surface area contributed by atoms with Crippen LogP contribution >= 0.6 is 11.8 Å². The number of carbonyl (C=O) groups is 1. The van der Waals surface area contributed by atoms with Gasteiger partial charge in [-0.3, -0.25) is 0 Å². The third kappa shape index (κ3) is 3.62. The van der Waals surface area contributed by atoms with Gasteiger partial charge in [-0.25, -0.2) is 4.79 Å². The van der Waals surface area contributed by atoms with Crippen LogP contribution < -0.4 is 0 Å². The number of thioether (sulfide) groups is 1. The van der Waals surface area contributed by atoms with Gasteiger partial charge < -0.3 is 9.30 Å². The molecule has 3 aromatic rings. The molecule has 0 saturated heterocycles. The second-order valence-electron chi connectivity index (χ2n) is 5.99. The third-order valence-electron chi connectivity index (χ3n) is 4.36. The minimum absolute atomic E-state index is 0.287. The van der Waals surface area contributed by atoms with E-state index in [1.54, 1.807) is 36.5 Å². The zero-order chi connectivity index (χ0) is 19.4. The molecular weight excluding hydrogens is 356 g/mol. The summed E-state index contributed by atoms with van der Waals surface area (Å²) >= 11 is 1.70. The molecule has 5 heteroatoms. The molecule has 0 aliphatic heterocycles. The molecule has 0 radical (unpaired) electrons. The lowest BCUT2D eigenvalue weighted by Crippen LogP contribution is -2.10. The summed E-state index contributed by atoms with van der Waals surface area (Å²) in [6, 6.07) is 18.4. The molecule has 0 saturated carbocycles. The third-order valence-corrected chi connectivity index (χ3v) is 5.16. The van der Waals surface area contributed by atoms with Crippen LogP contribution in [-0.4, -0.2) is 23.4 Å². The Kier molecular flexibility index (Phi) is 5.68. The molecule has 0 spiro atoms. The van der Waals surface area contributed by atoms with E-state index in [1.807, 2.05) is 36.4 Å². The average Bonchev–Trinajstić information content (AvgIpc) is 3.04. The van der Waals surface area contributed by atoms with E-state index in [0.717, 1.165) is 16.7 Å². The molecule has 27 heavy (non-hydrogen) atoms. The zero-order valence-electron chi connectivity index (χ0n) is 15.5. The molecule has 1 aromatic heterocycles. The van der Waals surface area contributed by atoms with E-state index in [-0.39, 0.29) is 6.61 Å². The summed E-state index contributed by atoms with van der Waals surface area (Å²) in [5.41, 5.74) is 4.54. The molecule has 0 amide bonds. The lowest BCUT2D eigenvalue weighted by Gasteiger charge is -2.10. The highest BCUT2D eigenvalue weighted by molar-refractivity contribution is 7.98. The van der Waals surface area contributed by atoms with Crippen LogP contribution in [0.25, 0.3) is 22.3 Å². The van der Waals surface area contributed by atoms with Crippen LogP contribution in [0, 0.1) is 11.3 Å². The summed E-state index contributed by atoms with van der Waals surface area (Å²) in [4.78, 5) is 13.6. The summed E-state index contributed by atoms with van der Waals surface area (Å²) in [7, 11) is 1.75. The number of nitrogens with zero attached hydrogens (tertiary/aromatic N) is 2. The lowest BCUT2D eigenvalue weighted by atomic mass is 9.98. The minimum atomic E-state index is -0.423. The maximum absolute atomic E-state index is 12.4. The van der Waals surface area contributed by atoms with Crippen LogP contribution in [0.2, 0.25) is 0 Å². The Morgan fingerprint density at radius 1 is 1.15 bits per heavy atom. The number of hydrogen-bond acceptors (Lipinski definition) is 4. The van der Waals surface area contributed by atoms with E-state index < -0.39 is 5.97 Å². The summed E-state index contributed by atoms with van der Waals surface area (Å²) in [6.07, 6.45) is 3.72. The molecule has 0 fully saturated rings. The Balaban J connectivity index is 2.08. The Morgan fingerprint density at radius 2 is 1.81 bits per heavy atom. The standard InChI is InChI=1S/C22H20N2O2S/c1-4-26-22(25)21-20(17(13-23)14-24(21)2)16-11-9-15(10-12-16)18-7-5-6-8-19(18)27-3/h5-12,14H,4H2,1-3H3. The van der Waals surface area contributed by atoms with Crippen LogP contribution in [0.15, 0.2) is 59.6 Å². The van der Waals surface area contributed by atoms with Crippen molar-refractivity contribution >= 4 is 17.7 Å². The fraction of sp³-hybridized carbons (Fsp3) is 0.182. The monoisotopic (exact) mass is 376 g/mol. The molecule has 0 bridgehead atoms. The first-order valence-corrected chi connectivity index (χ1v) is 9.83. The van der Waals surface area contributed by atoms with Gasteiger partial charge in [0.1, 0.15) is 11.8 Å². The number of carbonyl (C=O) groups excluding carboxylic acids is 1. The Bertz CT molecular complexity index is 1010. The number of rotatable bonds is 5. The van der Waals surface area contributed by atoms with Crippen molar-refractivity contribution in [3.8, 4) is 28.3 Å². The molecule has 0 atom stereocenters. The van der Waals surface area contributed by atoms with Gasteiger partial charge in [-0.15, -0.1) is 11.8 Å². The van der Waals surface area contributed by atoms with Crippen molar-refractivity contribution < 1.29 is 9.53 Å². The minimum Gasteiger partial charge on any atom is -0.461 e. The fourth-order valence-electron chi connectivity index (χ4n) is 3.15. The van der Waals surface area contributed by atoms with E-state index in [9.17, 15) is 10.1 Å². The van der Waals surface area contributed by atoms with E-state index in [0.29, 0.717) is 16.8 Å². The van der Waals surface area contributed by atoms with Gasteiger partial charge in [0.25, 0.3) is 0 Å². The van der Waals surface area contributed by atoms with Gasteiger partial charge in [0.2, 0.25) is 0 Å². The van der Waals surface area contributed by atoms with Crippen molar-refractivity contribution in [1.29, 1.82) is 5.26 Å². The Morgan fingerprint density at radius 3 is 2.44 bits per heavy atom. The maximum atomic E-state index is 12.4. The zero-order valence-corrected chi connectivity index (χ0v) is 16.3. The predicted octanol–water partition coefficient (Wildman–Crippen LogP) is 5.13. The van der Waals surface area contributed by atoms with Crippen LogP contribution in [0.5, 0.6) is 0 Å². The fourth-order valence-corrected chi connectivity index (χ4v) is 3.77. The van der Waals surface area contributed by atoms with E-state index in [1.165, 1.54) is 4.90 Å². The van der Waals surface area contributed by atoms with Crippen molar-refractivity contribution in [2.24, 2.45) is 7.05 Å². The van der Waals surface area contributed by atoms with Gasteiger partial charge >= 0.3 is 5.97 Å². The predicted molar refractivity (Wildman–Crippen MR) is 109 cm³/mol. The quantitative estimate of drug-likeness (QED) is 0.458. The van der Waals surface area contributed by atoms with Crippen LogP contribution in [0.1, 0.15) is 23.0 Å². The summed E-state index contributed by atoms with van der Waals surface area (Å²) < 4.78 is 6.84. The largest absolute Gasteiger partial charge is 0.461 e. The first-order valence-electron chi connectivity index (χ1n) is 8.61. The highest BCUT2D eigenvalue weighted by atomic mass is 32.2. The van der Waals surface area contributed by atoms with E-state index in [4.69, 9.17) is 4.74 Å². The highest BCUT2D eigenvalue weighted by Gasteiger charge is 2.22. The molecule has 0 unspecified atom stereocenters. The number of benzene rings is 2. The normalized spacial score (nSPS) is 10.4. The van der Waals surface area contributed by atoms with Gasteiger partial charge in [0.05, 0.1) is 12.2 Å². The number of esters is 1. The molecule has 136 valence electrons. The average molecular weight is 376 g/mol. The van der Waals surface area contributed by atoms with Crippen molar-refractivity contribution in [1.82, 2.24) is 4.57 Å². The number of aryl methyl sites for hydroxylation is 1. The number of hydrogen-bond donors (Lipinski definition) is 0. The number of aromatic nitrogens is 1. The SMILES string of the molecule is CCOC(=O)c1c(-c2ccc(-c3ccccc3SC)cc2)c(C#N)cn1C. The number of ether oxygens (including phenoxy) is 1. The molecule has 0 aliphatic rings. The van der Waals surface area contributed by atoms with Gasteiger partial charge in [-0.2, -0.15) is 5.26 Å². The molecule has 2 aromatic carbocycles. The Labute approximate surface area is 163 Å². The first kappa shape index (κ1) is 18.8. The van der Waals surface area contributed by atoms with Crippen molar-refractivity contribution in [3.05, 3.63) is 66.0 Å². The summed E-state index contributed by atoms with van der Waals surface area (Å²) in [6.45, 7) is 2.06. The molecule has 0 aliphatic carbocycles. The smallest absolute Gasteiger partial charge is 0.355 e. The van der Waals surface area contributed by atoms with E-state index >= 15 is 0 Å². The second-order valence-corrected chi connectivity index (χ2v) is 6.84. The van der Waals surface area contributed by atoms with Gasteiger partial charge in [-0.1, -0.05) is 42.5 Å². The number of nitriles is 1. The lowest BCUT2D eigenvalue weighted by molar-refractivity contribution is 0.0516. The molecular formula is C22H20N2O2S. The molecule has 0 N–H and O–H groups in total. The second kappa shape index (κ2) is 8.15. The van der Waals surface area contributed by atoms with Crippen molar-refractivity contribution in [3.63, 3.8) is 0 Å².